The van der Waals surface area contributed by atoms with Gasteiger partial charge in [-0.3, -0.25) is 4.79 Å². The molecule has 7 heteroatoms. The van der Waals surface area contributed by atoms with Crippen molar-refractivity contribution in [2.75, 3.05) is 12.3 Å². The number of hydrogen-bond acceptors (Lipinski definition) is 5. The third-order valence-corrected chi connectivity index (χ3v) is 5.71. The van der Waals surface area contributed by atoms with Crippen LogP contribution in [0.2, 0.25) is 0 Å². The molecule has 2 fully saturated rings. The van der Waals surface area contributed by atoms with Crippen molar-refractivity contribution < 1.29 is 4.79 Å². The number of hydrogen-bond donors (Lipinski definition) is 1. The number of carbonyl (C=O) groups excluding carboxylic acids is 1. The van der Waals surface area contributed by atoms with Gasteiger partial charge in [-0.1, -0.05) is 43.9 Å². The summed E-state index contributed by atoms with van der Waals surface area (Å²) in [7, 11) is 0. The monoisotopic (exact) mass is 323 g/mol. The van der Waals surface area contributed by atoms with Crippen molar-refractivity contribution in [2.45, 2.75) is 69.0 Å². The highest BCUT2D eigenvalue weighted by Crippen LogP contribution is 2.31. The van der Waals surface area contributed by atoms with Gasteiger partial charge < -0.3 is 5.32 Å². The molecule has 3 rings (SSSR count). The van der Waals surface area contributed by atoms with Crippen LogP contribution in [-0.2, 0) is 4.79 Å². The maximum Gasteiger partial charge on any atom is 0.230 e. The van der Waals surface area contributed by atoms with E-state index in [0.717, 1.165) is 24.5 Å². The van der Waals surface area contributed by atoms with Crippen molar-refractivity contribution in [1.82, 2.24) is 25.5 Å². The molecule has 1 aromatic heterocycles. The van der Waals surface area contributed by atoms with Crippen molar-refractivity contribution in [3.8, 4) is 0 Å². The molecule has 0 saturated heterocycles. The Morgan fingerprint density at radius 2 is 1.86 bits per heavy atom. The van der Waals surface area contributed by atoms with Crippen molar-refractivity contribution >= 4 is 17.7 Å². The maximum absolute atomic E-state index is 12.0. The lowest BCUT2D eigenvalue weighted by atomic mass is 9.89. The predicted octanol–water partition coefficient (Wildman–Crippen LogP) is 2.58. The zero-order valence-corrected chi connectivity index (χ0v) is 13.9. The van der Waals surface area contributed by atoms with Crippen LogP contribution in [0.3, 0.4) is 0 Å². The molecule has 0 radical (unpaired) electrons. The Balaban J connectivity index is 1.42. The van der Waals surface area contributed by atoms with E-state index in [9.17, 15) is 4.79 Å². The highest BCUT2D eigenvalue weighted by atomic mass is 32.2. The van der Waals surface area contributed by atoms with E-state index in [-0.39, 0.29) is 5.91 Å². The highest BCUT2D eigenvalue weighted by Gasteiger charge is 2.22. The minimum absolute atomic E-state index is 0.0940. The average molecular weight is 323 g/mol. The summed E-state index contributed by atoms with van der Waals surface area (Å²) < 4.78 is 1.91. The van der Waals surface area contributed by atoms with Crippen LogP contribution >= 0.6 is 11.8 Å². The fourth-order valence-corrected chi connectivity index (χ4v) is 4.26. The van der Waals surface area contributed by atoms with Crippen LogP contribution < -0.4 is 5.32 Å². The Bertz CT molecular complexity index is 480. The number of aromatic nitrogens is 4. The van der Waals surface area contributed by atoms with Gasteiger partial charge in [0, 0.05) is 6.54 Å². The minimum Gasteiger partial charge on any atom is -0.355 e. The lowest BCUT2D eigenvalue weighted by molar-refractivity contribution is -0.118. The Kier molecular flexibility index (Phi) is 5.70. The van der Waals surface area contributed by atoms with Crippen LogP contribution in [0.15, 0.2) is 5.16 Å². The molecule has 1 aromatic rings. The molecule has 0 aliphatic heterocycles. The Morgan fingerprint density at radius 3 is 2.64 bits per heavy atom. The SMILES string of the molecule is O=C(CSc1nnnn1C1CCCC1)NCC1CCCCC1. The number of tetrazole rings is 1. The molecular formula is C15H25N5OS. The van der Waals surface area contributed by atoms with E-state index in [1.165, 1.54) is 56.7 Å². The average Bonchev–Trinajstić information content (AvgIpc) is 3.22. The van der Waals surface area contributed by atoms with Crippen LogP contribution in [0.5, 0.6) is 0 Å². The van der Waals surface area contributed by atoms with Crippen LogP contribution in [0.4, 0.5) is 0 Å². The Hall–Kier alpha value is -1.11. The molecule has 0 bridgehead atoms. The molecule has 0 spiro atoms. The Labute approximate surface area is 135 Å². The smallest absolute Gasteiger partial charge is 0.230 e. The van der Waals surface area contributed by atoms with Gasteiger partial charge in [0.15, 0.2) is 0 Å². The number of thioether (sulfide) groups is 1. The van der Waals surface area contributed by atoms with Crippen LogP contribution in [0, 0.1) is 5.92 Å². The molecule has 1 heterocycles. The lowest BCUT2D eigenvalue weighted by Crippen LogP contribution is -2.31. The first kappa shape index (κ1) is 15.8. The quantitative estimate of drug-likeness (QED) is 0.815. The van der Waals surface area contributed by atoms with Crippen molar-refractivity contribution in [3.63, 3.8) is 0 Å². The summed E-state index contributed by atoms with van der Waals surface area (Å²) in [6, 6.07) is 0.419. The highest BCUT2D eigenvalue weighted by molar-refractivity contribution is 7.99. The molecule has 0 unspecified atom stereocenters. The van der Waals surface area contributed by atoms with E-state index in [1.807, 2.05) is 4.68 Å². The van der Waals surface area contributed by atoms with Crippen LogP contribution in [0.1, 0.15) is 63.8 Å². The zero-order chi connectivity index (χ0) is 15.2. The Morgan fingerprint density at radius 1 is 1.14 bits per heavy atom. The standard InChI is InChI=1S/C15H25N5OS/c21-14(16-10-12-6-2-1-3-7-12)11-22-15-17-18-19-20(15)13-8-4-5-9-13/h12-13H,1-11H2,(H,16,21). The second kappa shape index (κ2) is 7.94. The normalized spacial score (nSPS) is 20.4. The molecule has 1 N–H and O–H groups in total. The molecule has 0 atom stereocenters. The number of nitrogens with zero attached hydrogens (tertiary/aromatic N) is 4. The van der Waals surface area contributed by atoms with Gasteiger partial charge in [0.25, 0.3) is 0 Å². The van der Waals surface area contributed by atoms with Gasteiger partial charge in [0.1, 0.15) is 0 Å². The molecule has 22 heavy (non-hydrogen) atoms. The largest absolute Gasteiger partial charge is 0.355 e. The predicted molar refractivity (Wildman–Crippen MR) is 85.6 cm³/mol. The summed E-state index contributed by atoms with van der Waals surface area (Å²) in [6.45, 7) is 0.826. The van der Waals surface area contributed by atoms with Gasteiger partial charge in [-0.15, -0.1) is 5.10 Å². The number of amides is 1. The molecule has 2 aliphatic rings. The topological polar surface area (TPSA) is 72.7 Å². The second-order valence-electron chi connectivity index (χ2n) is 6.44. The fraction of sp³-hybridized carbons (Fsp3) is 0.867. The summed E-state index contributed by atoms with van der Waals surface area (Å²) in [5, 5.41) is 15.8. The maximum atomic E-state index is 12.0. The van der Waals surface area contributed by atoms with Crippen molar-refractivity contribution in [3.05, 3.63) is 0 Å². The van der Waals surface area contributed by atoms with Crippen molar-refractivity contribution in [1.29, 1.82) is 0 Å². The molecule has 6 nitrogen and oxygen atoms in total. The summed E-state index contributed by atoms with van der Waals surface area (Å²) in [6.07, 6.45) is 11.3. The number of nitrogens with one attached hydrogen (secondary N) is 1. The van der Waals surface area contributed by atoms with Crippen LogP contribution in [-0.4, -0.2) is 38.4 Å². The molecule has 0 aromatic carbocycles. The van der Waals surface area contributed by atoms with Crippen LogP contribution in [0.25, 0.3) is 0 Å². The molecular weight excluding hydrogens is 298 g/mol. The van der Waals surface area contributed by atoms with Gasteiger partial charge in [0.2, 0.25) is 11.1 Å². The zero-order valence-electron chi connectivity index (χ0n) is 13.0. The van der Waals surface area contributed by atoms with E-state index < -0.39 is 0 Å². The molecule has 2 saturated carbocycles. The molecule has 122 valence electrons. The first-order valence-corrected chi connectivity index (χ1v) is 9.49. The summed E-state index contributed by atoms with van der Waals surface area (Å²) in [5.41, 5.74) is 0. The van der Waals surface area contributed by atoms with E-state index in [4.69, 9.17) is 0 Å². The van der Waals surface area contributed by atoms with Gasteiger partial charge >= 0.3 is 0 Å². The van der Waals surface area contributed by atoms with E-state index in [0.29, 0.717) is 17.7 Å². The summed E-state index contributed by atoms with van der Waals surface area (Å²) >= 11 is 1.45. The summed E-state index contributed by atoms with van der Waals surface area (Å²) in [4.78, 5) is 12.0. The van der Waals surface area contributed by atoms with Gasteiger partial charge in [0.05, 0.1) is 11.8 Å². The third-order valence-electron chi connectivity index (χ3n) is 4.78. The van der Waals surface area contributed by atoms with E-state index in [2.05, 4.69) is 20.8 Å². The van der Waals surface area contributed by atoms with Crippen molar-refractivity contribution in [2.24, 2.45) is 5.92 Å². The molecule has 1 amide bonds. The van der Waals surface area contributed by atoms with E-state index in [1.54, 1.807) is 0 Å². The third kappa shape index (κ3) is 4.21. The first-order chi connectivity index (χ1) is 10.8. The van der Waals surface area contributed by atoms with Gasteiger partial charge in [-0.05, 0) is 42.0 Å². The second-order valence-corrected chi connectivity index (χ2v) is 7.38. The fourth-order valence-electron chi connectivity index (χ4n) is 3.49. The first-order valence-electron chi connectivity index (χ1n) is 8.50. The van der Waals surface area contributed by atoms with E-state index >= 15 is 0 Å². The lowest BCUT2D eigenvalue weighted by Gasteiger charge is -2.21. The molecule has 2 aliphatic carbocycles. The number of rotatable bonds is 6. The number of carbonyl (C=O) groups is 1. The minimum atomic E-state index is 0.0940. The van der Waals surface area contributed by atoms with Gasteiger partial charge in [-0.2, -0.15) is 0 Å². The summed E-state index contributed by atoms with van der Waals surface area (Å²) in [5.74, 6) is 1.17. The van der Waals surface area contributed by atoms with Gasteiger partial charge in [-0.25, -0.2) is 4.68 Å².